The van der Waals surface area contributed by atoms with Crippen molar-refractivity contribution >= 4 is 17.0 Å². The van der Waals surface area contributed by atoms with Crippen LogP contribution in [0.2, 0.25) is 0 Å². The van der Waals surface area contributed by atoms with Gasteiger partial charge in [0.25, 0.3) is 5.24 Å². The van der Waals surface area contributed by atoms with Gasteiger partial charge in [-0.25, -0.2) is 5.01 Å². The number of amides is 1. The summed E-state index contributed by atoms with van der Waals surface area (Å²) in [6.45, 7) is 6.11. The van der Waals surface area contributed by atoms with E-state index in [2.05, 4.69) is 31.4 Å². The molecule has 1 amide bonds. The van der Waals surface area contributed by atoms with E-state index in [0.29, 0.717) is 0 Å². The van der Waals surface area contributed by atoms with E-state index in [1.807, 2.05) is 23.2 Å². The summed E-state index contributed by atoms with van der Waals surface area (Å²) >= 11 is 1.36. The van der Waals surface area contributed by atoms with Crippen LogP contribution in [0.15, 0.2) is 30.3 Å². The zero-order valence-electron chi connectivity index (χ0n) is 11.7. The van der Waals surface area contributed by atoms with Gasteiger partial charge in [0.1, 0.15) is 0 Å². The number of hydrogen-bond acceptors (Lipinski definition) is 3. The normalized spacial score (nSPS) is 17.2. The van der Waals surface area contributed by atoms with Crippen molar-refractivity contribution < 1.29 is 4.79 Å². The van der Waals surface area contributed by atoms with Crippen LogP contribution in [0.25, 0.3) is 0 Å². The largest absolute Gasteiger partial charge is 0.294 e. The lowest BCUT2D eigenvalue weighted by atomic mass is 10.0. The number of rotatable bonds is 3. The number of nitrogens with zero attached hydrogens (tertiary/aromatic N) is 1. The summed E-state index contributed by atoms with van der Waals surface area (Å²) < 4.78 is -0.207. The number of hydrazine groups is 1. The molecule has 0 unspecified atom stereocenters. The zero-order chi connectivity index (χ0) is 13.7. The molecule has 0 radical (unpaired) electrons. The fourth-order valence-electron chi connectivity index (χ4n) is 2.29. The second-order valence-corrected chi connectivity index (χ2v) is 7.02. The maximum Gasteiger partial charge on any atom is 0.294 e. The maximum absolute atomic E-state index is 12.1. The predicted octanol–water partition coefficient (Wildman–Crippen LogP) is 3.77. The van der Waals surface area contributed by atoms with Crippen molar-refractivity contribution in [2.24, 2.45) is 0 Å². The third kappa shape index (κ3) is 4.25. The first kappa shape index (κ1) is 14.4. The predicted molar refractivity (Wildman–Crippen MR) is 81.0 cm³/mol. The third-order valence-electron chi connectivity index (χ3n) is 3.42. The van der Waals surface area contributed by atoms with E-state index in [1.54, 1.807) is 0 Å². The highest BCUT2D eigenvalue weighted by molar-refractivity contribution is 8.14. The first-order valence-electron chi connectivity index (χ1n) is 6.88. The summed E-state index contributed by atoms with van der Waals surface area (Å²) in [5.74, 6) is 0. The van der Waals surface area contributed by atoms with Crippen LogP contribution in [0.3, 0.4) is 0 Å². The van der Waals surface area contributed by atoms with Crippen LogP contribution >= 0.6 is 11.8 Å². The molecule has 4 heteroatoms. The smallest absolute Gasteiger partial charge is 0.280 e. The first-order chi connectivity index (χ1) is 9.08. The molecule has 104 valence electrons. The van der Waals surface area contributed by atoms with Gasteiger partial charge >= 0.3 is 0 Å². The first-order valence-corrected chi connectivity index (χ1v) is 7.70. The Labute approximate surface area is 119 Å². The maximum atomic E-state index is 12.1. The third-order valence-corrected chi connectivity index (χ3v) is 4.45. The summed E-state index contributed by atoms with van der Waals surface area (Å²) in [6, 6.07) is 10.2. The lowest BCUT2D eigenvalue weighted by Gasteiger charge is -2.29. The van der Waals surface area contributed by atoms with Crippen LogP contribution in [0, 0.1) is 0 Å². The van der Waals surface area contributed by atoms with E-state index in [9.17, 15) is 4.79 Å². The van der Waals surface area contributed by atoms with Crippen LogP contribution in [-0.4, -0.2) is 23.3 Å². The number of benzene rings is 1. The fraction of sp³-hybridized carbons (Fsp3) is 0.533. The number of carbonyl (C=O) groups excluding carboxylic acids is 1. The molecule has 1 aromatic rings. The topological polar surface area (TPSA) is 32.3 Å². The van der Waals surface area contributed by atoms with Crippen LogP contribution in [-0.2, 0) is 4.75 Å². The summed E-state index contributed by atoms with van der Waals surface area (Å²) in [5, 5.41) is 2.08. The zero-order valence-corrected chi connectivity index (χ0v) is 12.5. The van der Waals surface area contributed by atoms with E-state index < -0.39 is 0 Å². The Kier molecular flexibility index (Phi) is 4.88. The SMILES string of the molecule is CC(C)(SC(=O)NN1CCCCC1)c1ccccc1. The van der Waals surface area contributed by atoms with Crippen molar-refractivity contribution in [2.45, 2.75) is 37.9 Å². The molecule has 0 bridgehead atoms. The molecule has 1 aliphatic rings. The molecule has 1 aromatic carbocycles. The molecule has 0 aromatic heterocycles. The quantitative estimate of drug-likeness (QED) is 0.913. The van der Waals surface area contributed by atoms with Crippen molar-refractivity contribution in [3.63, 3.8) is 0 Å². The van der Waals surface area contributed by atoms with Crippen molar-refractivity contribution in [3.05, 3.63) is 35.9 Å². The van der Waals surface area contributed by atoms with E-state index in [-0.39, 0.29) is 9.99 Å². The summed E-state index contributed by atoms with van der Waals surface area (Å²) in [7, 11) is 0. The minimum atomic E-state index is -0.207. The molecule has 0 saturated carbocycles. The average Bonchev–Trinajstić information content (AvgIpc) is 2.40. The summed E-state index contributed by atoms with van der Waals surface area (Å²) in [4.78, 5) is 12.1. The standard InChI is InChI=1S/C15H22N2OS/c1-15(2,13-9-5-3-6-10-13)19-14(18)16-17-11-7-4-8-12-17/h3,5-6,9-10H,4,7-8,11-12H2,1-2H3,(H,16,18). The molecule has 0 spiro atoms. The van der Waals surface area contributed by atoms with E-state index >= 15 is 0 Å². The fourth-order valence-corrected chi connectivity index (χ4v) is 3.18. The van der Waals surface area contributed by atoms with Crippen molar-refractivity contribution in [2.75, 3.05) is 13.1 Å². The van der Waals surface area contributed by atoms with Crippen LogP contribution in [0.5, 0.6) is 0 Å². The van der Waals surface area contributed by atoms with Gasteiger partial charge in [-0.2, -0.15) is 0 Å². The highest BCUT2D eigenvalue weighted by Crippen LogP contribution is 2.35. The lowest BCUT2D eigenvalue weighted by molar-refractivity contribution is 0.167. The van der Waals surface area contributed by atoms with Gasteiger partial charge in [-0.3, -0.25) is 10.2 Å². The molecule has 0 aliphatic carbocycles. The van der Waals surface area contributed by atoms with Gasteiger partial charge in [-0.1, -0.05) is 48.5 Å². The lowest BCUT2D eigenvalue weighted by Crippen LogP contribution is -2.44. The minimum absolute atomic E-state index is 0.0377. The Bertz CT molecular complexity index is 413. The molecule has 1 heterocycles. The Balaban J connectivity index is 1.90. The second kappa shape index (κ2) is 6.44. The van der Waals surface area contributed by atoms with Gasteiger partial charge in [0, 0.05) is 17.8 Å². The summed E-state index contributed by atoms with van der Waals surface area (Å²) in [5.41, 5.74) is 4.18. The Hall–Kier alpha value is -1.00. The molecule has 1 N–H and O–H groups in total. The van der Waals surface area contributed by atoms with Crippen LogP contribution in [0.1, 0.15) is 38.7 Å². The monoisotopic (exact) mass is 278 g/mol. The van der Waals surface area contributed by atoms with Crippen LogP contribution < -0.4 is 5.43 Å². The van der Waals surface area contributed by atoms with Crippen molar-refractivity contribution in [3.8, 4) is 0 Å². The second-order valence-electron chi connectivity index (χ2n) is 5.43. The van der Waals surface area contributed by atoms with Gasteiger partial charge in [0.2, 0.25) is 0 Å². The Morgan fingerprint density at radius 3 is 2.42 bits per heavy atom. The van der Waals surface area contributed by atoms with E-state index in [0.717, 1.165) is 13.1 Å². The van der Waals surface area contributed by atoms with Gasteiger partial charge in [0.15, 0.2) is 0 Å². The van der Waals surface area contributed by atoms with Crippen molar-refractivity contribution in [1.29, 1.82) is 0 Å². The Morgan fingerprint density at radius 1 is 1.16 bits per heavy atom. The molecular formula is C15H22N2OS. The molecule has 2 rings (SSSR count). The van der Waals surface area contributed by atoms with E-state index in [1.165, 1.54) is 36.6 Å². The number of thioether (sulfide) groups is 1. The van der Waals surface area contributed by atoms with Crippen molar-refractivity contribution in [1.82, 2.24) is 10.4 Å². The average molecular weight is 278 g/mol. The highest BCUT2D eigenvalue weighted by atomic mass is 32.2. The molecule has 1 saturated heterocycles. The molecule has 1 fully saturated rings. The number of hydrogen-bond donors (Lipinski definition) is 1. The number of nitrogens with one attached hydrogen (secondary N) is 1. The van der Waals surface area contributed by atoms with Gasteiger partial charge < -0.3 is 0 Å². The number of piperidine rings is 1. The van der Waals surface area contributed by atoms with Gasteiger partial charge in [0.05, 0.1) is 0 Å². The minimum Gasteiger partial charge on any atom is -0.280 e. The Morgan fingerprint density at radius 2 is 1.79 bits per heavy atom. The van der Waals surface area contributed by atoms with Crippen LogP contribution in [0.4, 0.5) is 4.79 Å². The highest BCUT2D eigenvalue weighted by Gasteiger charge is 2.26. The molecule has 19 heavy (non-hydrogen) atoms. The van der Waals surface area contributed by atoms with Gasteiger partial charge in [-0.05, 0) is 32.3 Å². The molecule has 3 nitrogen and oxygen atoms in total. The summed E-state index contributed by atoms with van der Waals surface area (Å²) in [6.07, 6.45) is 3.62. The number of carbonyl (C=O) groups is 1. The van der Waals surface area contributed by atoms with E-state index in [4.69, 9.17) is 0 Å². The molecule has 0 atom stereocenters. The van der Waals surface area contributed by atoms with Gasteiger partial charge in [-0.15, -0.1) is 0 Å². The molecular weight excluding hydrogens is 256 g/mol. The molecule has 1 aliphatic heterocycles.